The summed E-state index contributed by atoms with van der Waals surface area (Å²) < 4.78 is 11.5. The Balaban J connectivity index is 1.95. The number of rotatable bonds is 1. The van der Waals surface area contributed by atoms with Crippen LogP contribution in [0.25, 0.3) is 0 Å². The Hall–Kier alpha value is -0.340. The molecular formula is C12H20O2. The second kappa shape index (κ2) is 4.45. The minimum Gasteiger partial charge on any atom is -0.352 e. The lowest BCUT2D eigenvalue weighted by Crippen LogP contribution is -2.39. The molecule has 0 aromatic rings. The Morgan fingerprint density at radius 3 is 2.64 bits per heavy atom. The number of allylic oxidation sites excluding steroid dienone is 2. The van der Waals surface area contributed by atoms with Crippen LogP contribution in [0.15, 0.2) is 12.2 Å². The molecule has 0 N–H and O–H groups in total. The average Bonchev–Trinajstić information content (AvgIpc) is 2.18. The van der Waals surface area contributed by atoms with Crippen molar-refractivity contribution in [1.29, 1.82) is 0 Å². The maximum absolute atomic E-state index is 5.84. The highest BCUT2D eigenvalue weighted by Gasteiger charge is 2.32. The summed E-state index contributed by atoms with van der Waals surface area (Å²) in [6, 6.07) is 0. The van der Waals surface area contributed by atoms with Crippen molar-refractivity contribution in [2.45, 2.75) is 45.5 Å². The van der Waals surface area contributed by atoms with Crippen molar-refractivity contribution in [2.75, 3.05) is 6.61 Å². The number of hydrogen-bond acceptors (Lipinski definition) is 2. The molecule has 1 aliphatic heterocycles. The van der Waals surface area contributed by atoms with Gasteiger partial charge in [-0.15, -0.1) is 0 Å². The van der Waals surface area contributed by atoms with E-state index in [1.54, 1.807) is 0 Å². The minimum absolute atomic E-state index is 0.0405. The third-order valence-corrected chi connectivity index (χ3v) is 3.34. The SMILES string of the molecule is C[C@H]1CCO[C@H]([C@@H]2CC=CC[C@@H]2C)O1. The van der Waals surface area contributed by atoms with Crippen LogP contribution < -0.4 is 0 Å². The van der Waals surface area contributed by atoms with E-state index in [0.717, 1.165) is 19.4 Å². The Bertz CT molecular complexity index is 212. The third kappa shape index (κ3) is 2.18. The summed E-state index contributed by atoms with van der Waals surface area (Å²) in [6.45, 7) is 5.29. The van der Waals surface area contributed by atoms with Crippen LogP contribution in [0.1, 0.15) is 33.1 Å². The Morgan fingerprint density at radius 1 is 1.14 bits per heavy atom. The van der Waals surface area contributed by atoms with Crippen LogP contribution in [0.5, 0.6) is 0 Å². The lowest BCUT2D eigenvalue weighted by molar-refractivity contribution is -0.237. The summed E-state index contributed by atoms with van der Waals surface area (Å²) in [7, 11) is 0. The molecule has 1 heterocycles. The van der Waals surface area contributed by atoms with Gasteiger partial charge in [-0.1, -0.05) is 19.1 Å². The average molecular weight is 196 g/mol. The highest BCUT2D eigenvalue weighted by Crippen LogP contribution is 2.32. The van der Waals surface area contributed by atoms with E-state index < -0.39 is 0 Å². The first-order chi connectivity index (χ1) is 6.77. The third-order valence-electron chi connectivity index (χ3n) is 3.34. The molecule has 80 valence electrons. The topological polar surface area (TPSA) is 18.5 Å². The zero-order chi connectivity index (χ0) is 9.97. The molecule has 1 aliphatic carbocycles. The largest absolute Gasteiger partial charge is 0.352 e. The Kier molecular flexibility index (Phi) is 3.24. The monoisotopic (exact) mass is 196 g/mol. The predicted molar refractivity (Wildman–Crippen MR) is 55.9 cm³/mol. The van der Waals surface area contributed by atoms with E-state index in [1.165, 1.54) is 6.42 Å². The molecule has 0 aromatic carbocycles. The zero-order valence-corrected chi connectivity index (χ0v) is 9.11. The Morgan fingerprint density at radius 2 is 1.93 bits per heavy atom. The van der Waals surface area contributed by atoms with Gasteiger partial charge in [0.2, 0.25) is 0 Å². The van der Waals surface area contributed by atoms with E-state index >= 15 is 0 Å². The van der Waals surface area contributed by atoms with E-state index in [2.05, 4.69) is 26.0 Å². The summed E-state index contributed by atoms with van der Waals surface area (Å²) >= 11 is 0. The minimum atomic E-state index is 0.0405. The molecule has 0 spiro atoms. The maximum atomic E-state index is 5.84. The van der Waals surface area contributed by atoms with Crippen LogP contribution in [0, 0.1) is 11.8 Å². The first-order valence-electron chi connectivity index (χ1n) is 5.69. The van der Waals surface area contributed by atoms with Gasteiger partial charge in [-0.25, -0.2) is 0 Å². The van der Waals surface area contributed by atoms with Crippen molar-refractivity contribution in [3.05, 3.63) is 12.2 Å². The quantitative estimate of drug-likeness (QED) is 0.600. The van der Waals surface area contributed by atoms with Gasteiger partial charge in [0, 0.05) is 5.92 Å². The highest BCUT2D eigenvalue weighted by molar-refractivity contribution is 4.94. The van der Waals surface area contributed by atoms with E-state index in [1.807, 2.05) is 0 Å². The molecule has 1 fully saturated rings. The summed E-state index contributed by atoms with van der Waals surface area (Å²) in [5.41, 5.74) is 0. The molecule has 2 nitrogen and oxygen atoms in total. The lowest BCUT2D eigenvalue weighted by atomic mass is 9.83. The maximum Gasteiger partial charge on any atom is 0.161 e. The van der Waals surface area contributed by atoms with E-state index in [-0.39, 0.29) is 6.29 Å². The molecule has 0 unspecified atom stereocenters. The van der Waals surface area contributed by atoms with E-state index in [9.17, 15) is 0 Å². The molecule has 2 heteroatoms. The molecule has 0 saturated carbocycles. The van der Waals surface area contributed by atoms with Gasteiger partial charge in [0.15, 0.2) is 6.29 Å². The second-order valence-electron chi connectivity index (χ2n) is 4.56. The van der Waals surface area contributed by atoms with Crippen molar-refractivity contribution >= 4 is 0 Å². The number of hydrogen-bond donors (Lipinski definition) is 0. The van der Waals surface area contributed by atoms with Gasteiger partial charge in [-0.2, -0.15) is 0 Å². The van der Waals surface area contributed by atoms with E-state index in [0.29, 0.717) is 17.9 Å². The van der Waals surface area contributed by atoms with Crippen molar-refractivity contribution in [2.24, 2.45) is 11.8 Å². The zero-order valence-electron chi connectivity index (χ0n) is 9.11. The molecule has 0 amide bonds. The van der Waals surface area contributed by atoms with Crippen LogP contribution in [0.4, 0.5) is 0 Å². The van der Waals surface area contributed by atoms with E-state index in [4.69, 9.17) is 9.47 Å². The fourth-order valence-electron chi connectivity index (χ4n) is 2.26. The molecule has 14 heavy (non-hydrogen) atoms. The molecule has 2 aliphatic rings. The van der Waals surface area contributed by atoms with Crippen LogP contribution in [0.2, 0.25) is 0 Å². The van der Waals surface area contributed by atoms with Crippen LogP contribution >= 0.6 is 0 Å². The van der Waals surface area contributed by atoms with Crippen molar-refractivity contribution in [1.82, 2.24) is 0 Å². The molecule has 2 rings (SSSR count). The molecular weight excluding hydrogens is 176 g/mol. The molecule has 0 radical (unpaired) electrons. The number of ether oxygens (including phenoxy) is 2. The van der Waals surface area contributed by atoms with Gasteiger partial charge in [-0.05, 0) is 32.1 Å². The Labute approximate surface area is 86.3 Å². The molecule has 0 bridgehead atoms. The van der Waals surface area contributed by atoms with Gasteiger partial charge < -0.3 is 9.47 Å². The standard InChI is InChI=1S/C12H20O2/c1-9-5-3-4-6-11(9)12-13-8-7-10(2)14-12/h3-4,9-12H,5-8H2,1-2H3/t9-,10-,11+,12-/m0/s1. The molecule has 0 aromatic heterocycles. The fourth-order valence-corrected chi connectivity index (χ4v) is 2.26. The summed E-state index contributed by atoms with van der Waals surface area (Å²) in [4.78, 5) is 0. The fraction of sp³-hybridized carbons (Fsp3) is 0.833. The van der Waals surface area contributed by atoms with Crippen LogP contribution in [-0.4, -0.2) is 19.0 Å². The highest BCUT2D eigenvalue weighted by atomic mass is 16.7. The summed E-state index contributed by atoms with van der Waals surface area (Å²) in [6.07, 6.45) is 8.25. The summed E-state index contributed by atoms with van der Waals surface area (Å²) in [5.74, 6) is 1.25. The van der Waals surface area contributed by atoms with Gasteiger partial charge in [0.05, 0.1) is 12.7 Å². The lowest BCUT2D eigenvalue weighted by Gasteiger charge is -2.37. The summed E-state index contributed by atoms with van der Waals surface area (Å²) in [5, 5.41) is 0. The molecule has 4 atom stereocenters. The first-order valence-corrected chi connectivity index (χ1v) is 5.69. The van der Waals surface area contributed by atoms with Gasteiger partial charge in [-0.3, -0.25) is 0 Å². The van der Waals surface area contributed by atoms with Crippen molar-refractivity contribution in [3.63, 3.8) is 0 Å². The van der Waals surface area contributed by atoms with Crippen LogP contribution in [0.3, 0.4) is 0 Å². The smallest absolute Gasteiger partial charge is 0.161 e. The first kappa shape index (κ1) is 10.2. The van der Waals surface area contributed by atoms with Crippen LogP contribution in [-0.2, 0) is 9.47 Å². The molecule has 1 saturated heterocycles. The second-order valence-corrected chi connectivity index (χ2v) is 4.56. The predicted octanol–water partition coefficient (Wildman–Crippen LogP) is 2.74. The van der Waals surface area contributed by atoms with Gasteiger partial charge >= 0.3 is 0 Å². The van der Waals surface area contributed by atoms with Gasteiger partial charge in [0.1, 0.15) is 0 Å². The normalized spacial score (nSPS) is 43.9. The van der Waals surface area contributed by atoms with Gasteiger partial charge in [0.25, 0.3) is 0 Å². The van der Waals surface area contributed by atoms with Crippen molar-refractivity contribution < 1.29 is 9.47 Å². The van der Waals surface area contributed by atoms with Crippen molar-refractivity contribution in [3.8, 4) is 0 Å².